The highest BCUT2D eigenvalue weighted by molar-refractivity contribution is 7.99. The normalized spacial score (nSPS) is 11.2. The van der Waals surface area contributed by atoms with Gasteiger partial charge < -0.3 is 10.3 Å². The van der Waals surface area contributed by atoms with Crippen molar-refractivity contribution in [1.29, 1.82) is 0 Å². The van der Waals surface area contributed by atoms with Gasteiger partial charge in [0.1, 0.15) is 0 Å². The van der Waals surface area contributed by atoms with E-state index in [1.54, 1.807) is 11.8 Å². The van der Waals surface area contributed by atoms with Crippen LogP contribution in [0.3, 0.4) is 0 Å². The number of aromatic nitrogens is 1. The van der Waals surface area contributed by atoms with Crippen molar-refractivity contribution in [3.05, 3.63) is 58.2 Å². The van der Waals surface area contributed by atoms with Gasteiger partial charge in [-0.1, -0.05) is 47.1 Å². The van der Waals surface area contributed by atoms with Gasteiger partial charge >= 0.3 is 0 Å². The van der Waals surface area contributed by atoms with E-state index in [4.69, 9.17) is 23.2 Å². The standard InChI is InChI=1S/C16H14Cl2N2S/c1-19-8-10-5-6-11(17)7-14(10)21-15-9-20-13-4-2-3-12(18)16(13)15/h2-7,9,19-20H,8H2,1H3. The van der Waals surface area contributed by atoms with Crippen LogP contribution in [0.1, 0.15) is 5.56 Å². The summed E-state index contributed by atoms with van der Waals surface area (Å²) in [6.45, 7) is 0.801. The first kappa shape index (κ1) is 14.8. The molecule has 108 valence electrons. The maximum Gasteiger partial charge on any atom is 0.0511 e. The van der Waals surface area contributed by atoms with Crippen LogP contribution in [-0.4, -0.2) is 12.0 Å². The van der Waals surface area contributed by atoms with Crippen LogP contribution in [0.15, 0.2) is 52.4 Å². The Hall–Kier alpha value is -1.13. The summed E-state index contributed by atoms with van der Waals surface area (Å²) in [6, 6.07) is 11.8. The maximum absolute atomic E-state index is 6.33. The first-order chi connectivity index (χ1) is 10.2. The highest BCUT2D eigenvalue weighted by atomic mass is 35.5. The number of hydrogen-bond donors (Lipinski definition) is 2. The lowest BCUT2D eigenvalue weighted by molar-refractivity contribution is 0.803. The van der Waals surface area contributed by atoms with Gasteiger partial charge in [-0.2, -0.15) is 0 Å². The van der Waals surface area contributed by atoms with Crippen molar-refractivity contribution in [1.82, 2.24) is 10.3 Å². The van der Waals surface area contributed by atoms with Crippen molar-refractivity contribution in [2.24, 2.45) is 0 Å². The lowest BCUT2D eigenvalue weighted by atomic mass is 10.2. The predicted octanol–water partition coefficient (Wildman–Crippen LogP) is 5.35. The zero-order valence-electron chi connectivity index (χ0n) is 11.4. The van der Waals surface area contributed by atoms with Gasteiger partial charge in [0.25, 0.3) is 0 Å². The summed E-state index contributed by atoms with van der Waals surface area (Å²) < 4.78 is 0. The Labute approximate surface area is 137 Å². The molecule has 5 heteroatoms. The van der Waals surface area contributed by atoms with Crippen LogP contribution in [-0.2, 0) is 6.54 Å². The van der Waals surface area contributed by atoms with Gasteiger partial charge in [-0.15, -0.1) is 0 Å². The van der Waals surface area contributed by atoms with Crippen molar-refractivity contribution >= 4 is 45.9 Å². The molecule has 2 aromatic carbocycles. The third-order valence-corrected chi connectivity index (χ3v) is 4.93. The van der Waals surface area contributed by atoms with Gasteiger partial charge in [0.05, 0.1) is 5.02 Å². The van der Waals surface area contributed by atoms with E-state index in [0.717, 1.165) is 37.3 Å². The molecule has 0 bridgehead atoms. The minimum atomic E-state index is 0.739. The fourth-order valence-electron chi connectivity index (χ4n) is 2.27. The van der Waals surface area contributed by atoms with E-state index < -0.39 is 0 Å². The van der Waals surface area contributed by atoms with Gasteiger partial charge in [-0.25, -0.2) is 0 Å². The Kier molecular flexibility index (Phi) is 4.45. The minimum Gasteiger partial charge on any atom is -0.360 e. The van der Waals surface area contributed by atoms with Crippen LogP contribution < -0.4 is 5.32 Å². The topological polar surface area (TPSA) is 27.8 Å². The molecule has 0 aliphatic carbocycles. The molecule has 0 saturated heterocycles. The Balaban J connectivity index is 2.04. The van der Waals surface area contributed by atoms with Crippen LogP contribution in [0.5, 0.6) is 0 Å². The van der Waals surface area contributed by atoms with E-state index in [1.807, 2.05) is 43.6 Å². The van der Waals surface area contributed by atoms with Gasteiger partial charge in [0.15, 0.2) is 0 Å². The second-order valence-electron chi connectivity index (χ2n) is 4.70. The number of halogens is 2. The number of aromatic amines is 1. The number of nitrogens with one attached hydrogen (secondary N) is 2. The first-order valence-electron chi connectivity index (χ1n) is 6.55. The minimum absolute atomic E-state index is 0.739. The fourth-order valence-corrected chi connectivity index (χ4v) is 3.97. The largest absolute Gasteiger partial charge is 0.360 e. The number of hydrogen-bond acceptors (Lipinski definition) is 2. The summed E-state index contributed by atoms with van der Waals surface area (Å²) in [7, 11) is 1.94. The third-order valence-electron chi connectivity index (χ3n) is 3.24. The van der Waals surface area contributed by atoms with Crippen molar-refractivity contribution in [3.8, 4) is 0 Å². The molecule has 2 N–H and O–H groups in total. The molecule has 3 rings (SSSR count). The summed E-state index contributed by atoms with van der Waals surface area (Å²) >= 11 is 14.1. The molecule has 0 atom stereocenters. The Morgan fingerprint density at radius 1 is 1.14 bits per heavy atom. The van der Waals surface area contributed by atoms with Crippen molar-refractivity contribution in [2.45, 2.75) is 16.3 Å². The summed E-state index contributed by atoms with van der Waals surface area (Å²) in [5.74, 6) is 0. The second kappa shape index (κ2) is 6.32. The van der Waals surface area contributed by atoms with E-state index >= 15 is 0 Å². The van der Waals surface area contributed by atoms with E-state index in [1.165, 1.54) is 5.56 Å². The number of benzene rings is 2. The van der Waals surface area contributed by atoms with E-state index in [-0.39, 0.29) is 0 Å². The average molecular weight is 337 g/mol. The zero-order chi connectivity index (χ0) is 14.8. The Bertz CT molecular complexity index is 783. The molecular weight excluding hydrogens is 323 g/mol. The van der Waals surface area contributed by atoms with Crippen LogP contribution in [0.2, 0.25) is 10.0 Å². The smallest absolute Gasteiger partial charge is 0.0511 e. The molecule has 1 heterocycles. The second-order valence-corrected chi connectivity index (χ2v) is 6.63. The van der Waals surface area contributed by atoms with Gasteiger partial charge in [0.2, 0.25) is 0 Å². The van der Waals surface area contributed by atoms with Crippen molar-refractivity contribution in [2.75, 3.05) is 7.05 Å². The molecule has 0 aliphatic rings. The van der Waals surface area contributed by atoms with Crippen LogP contribution >= 0.6 is 35.0 Å². The van der Waals surface area contributed by atoms with Crippen molar-refractivity contribution < 1.29 is 0 Å². The molecule has 0 amide bonds. The molecule has 0 fully saturated rings. The lowest BCUT2D eigenvalue weighted by Crippen LogP contribution is -2.05. The molecular formula is C16H14Cl2N2S. The quantitative estimate of drug-likeness (QED) is 0.672. The molecule has 3 aromatic rings. The monoisotopic (exact) mass is 336 g/mol. The number of H-pyrrole nitrogens is 1. The van der Waals surface area contributed by atoms with Gasteiger partial charge in [-0.3, -0.25) is 0 Å². The molecule has 2 nitrogen and oxygen atoms in total. The molecule has 21 heavy (non-hydrogen) atoms. The fraction of sp³-hybridized carbons (Fsp3) is 0.125. The summed E-state index contributed by atoms with van der Waals surface area (Å²) in [6.07, 6.45) is 1.99. The summed E-state index contributed by atoms with van der Waals surface area (Å²) in [5.41, 5.74) is 2.26. The zero-order valence-corrected chi connectivity index (χ0v) is 13.7. The van der Waals surface area contributed by atoms with Gasteiger partial charge in [0, 0.05) is 38.5 Å². The van der Waals surface area contributed by atoms with Crippen LogP contribution in [0.25, 0.3) is 10.9 Å². The molecule has 0 saturated carbocycles. The van der Waals surface area contributed by atoms with Crippen molar-refractivity contribution in [3.63, 3.8) is 0 Å². The Morgan fingerprint density at radius 3 is 2.81 bits per heavy atom. The first-order valence-corrected chi connectivity index (χ1v) is 8.13. The SMILES string of the molecule is CNCc1ccc(Cl)cc1Sc1c[nH]c2cccc(Cl)c12. The molecule has 0 unspecified atom stereocenters. The van der Waals surface area contributed by atoms with E-state index in [2.05, 4.69) is 16.4 Å². The van der Waals surface area contributed by atoms with E-state index in [0.29, 0.717) is 0 Å². The van der Waals surface area contributed by atoms with Crippen LogP contribution in [0, 0.1) is 0 Å². The molecule has 0 spiro atoms. The number of rotatable bonds is 4. The highest BCUT2D eigenvalue weighted by Crippen LogP contribution is 2.39. The molecule has 0 aliphatic heterocycles. The summed E-state index contributed by atoms with van der Waals surface area (Å²) in [4.78, 5) is 5.50. The molecule has 1 aromatic heterocycles. The third kappa shape index (κ3) is 3.06. The maximum atomic E-state index is 6.33. The number of fused-ring (bicyclic) bond motifs is 1. The Morgan fingerprint density at radius 2 is 2.00 bits per heavy atom. The highest BCUT2D eigenvalue weighted by Gasteiger charge is 2.11. The van der Waals surface area contributed by atoms with Gasteiger partial charge in [-0.05, 0) is 36.9 Å². The average Bonchev–Trinajstić information content (AvgIpc) is 2.87. The van der Waals surface area contributed by atoms with E-state index in [9.17, 15) is 0 Å². The summed E-state index contributed by atoms with van der Waals surface area (Å²) in [5, 5.41) is 5.73. The molecule has 0 radical (unpaired) electrons. The predicted molar refractivity (Wildman–Crippen MR) is 91.6 cm³/mol. The van der Waals surface area contributed by atoms with Crippen LogP contribution in [0.4, 0.5) is 0 Å². The lowest BCUT2D eigenvalue weighted by Gasteiger charge is -2.09.